The summed E-state index contributed by atoms with van der Waals surface area (Å²) in [6, 6.07) is 49.4. The molecule has 0 aliphatic carbocycles. The highest BCUT2D eigenvalue weighted by Crippen LogP contribution is 2.43. The number of aliphatic hydroxyl groups is 1. The zero-order chi connectivity index (χ0) is 38.4. The van der Waals surface area contributed by atoms with Crippen LogP contribution in [-0.4, -0.2) is 87.3 Å². The topological polar surface area (TPSA) is 103 Å². The SMILES string of the molecule is OC1[C@H](OC2[C@@H](Sc3ccccc3)OC3COC(c4ccccc4)O[C@H]3[C@H]2OCc2ccccc2)OC2COC(c3ccccc3)O[C@H]2[C@H]1OCc1ccccc1.[B]. The maximum Gasteiger partial charge on any atom is 0.187 e. The van der Waals surface area contributed by atoms with Gasteiger partial charge in [0.1, 0.15) is 54.3 Å². The maximum absolute atomic E-state index is 12.3. The van der Waals surface area contributed by atoms with Crippen molar-refractivity contribution < 1.29 is 47.7 Å². The van der Waals surface area contributed by atoms with E-state index in [2.05, 4.69) is 0 Å². The number of ether oxygens (including phenoxy) is 9. The van der Waals surface area contributed by atoms with Gasteiger partial charge in [-0.15, -0.1) is 0 Å². The summed E-state index contributed by atoms with van der Waals surface area (Å²) in [5.74, 6) is 0. The third-order valence-electron chi connectivity index (χ3n) is 10.6. The van der Waals surface area contributed by atoms with Gasteiger partial charge in [0.25, 0.3) is 0 Å². The van der Waals surface area contributed by atoms with E-state index in [-0.39, 0.29) is 28.2 Å². The molecule has 0 spiro atoms. The minimum Gasteiger partial charge on any atom is -0.385 e. The van der Waals surface area contributed by atoms with Crippen LogP contribution >= 0.6 is 11.8 Å². The van der Waals surface area contributed by atoms with Gasteiger partial charge in [-0.05, 0) is 23.3 Å². The molecule has 4 saturated heterocycles. The maximum atomic E-state index is 12.3. The van der Waals surface area contributed by atoms with Gasteiger partial charge < -0.3 is 47.7 Å². The summed E-state index contributed by atoms with van der Waals surface area (Å²) >= 11 is 1.51. The molecule has 9 rings (SSSR count). The molecular formula is C46H46BO10S. The highest BCUT2D eigenvalue weighted by molar-refractivity contribution is 7.99. The van der Waals surface area contributed by atoms with Gasteiger partial charge in [0.2, 0.25) is 0 Å². The number of hydrogen-bond donors (Lipinski definition) is 1. The number of aliphatic hydroxyl groups excluding tert-OH is 1. The fourth-order valence-electron chi connectivity index (χ4n) is 7.72. The van der Waals surface area contributed by atoms with E-state index in [1.165, 1.54) is 11.8 Å². The molecule has 5 aromatic rings. The molecule has 4 fully saturated rings. The van der Waals surface area contributed by atoms with Crippen LogP contribution in [0.3, 0.4) is 0 Å². The van der Waals surface area contributed by atoms with Crippen LogP contribution in [0.4, 0.5) is 0 Å². The standard InChI is InChI=1S/C46H46O10S.B/c47-37-40(48-26-30-16-6-1-7-17-30)38-35(28-50-43(54-38)32-20-10-3-11-21-32)52-45(37)56-42-41(49-27-31-18-8-2-9-19-31)39-36(53-46(42)57-34-24-14-5-15-25-34)29-51-44(55-39)33-22-12-4-13-23-33;/h1-25,35-47H,26-29H2;/t35?,36?,37?,38-,39-,40+,41-,42?,43?,44?,45+,46-;/m1./s1. The van der Waals surface area contributed by atoms with Gasteiger partial charge >= 0.3 is 0 Å². The molecule has 4 aliphatic heterocycles. The van der Waals surface area contributed by atoms with E-state index in [0.717, 1.165) is 27.1 Å². The Kier molecular flexibility index (Phi) is 13.7. The molecular weight excluding hydrogens is 755 g/mol. The third kappa shape index (κ3) is 9.44. The van der Waals surface area contributed by atoms with Gasteiger partial charge in [-0.1, -0.05) is 151 Å². The van der Waals surface area contributed by atoms with Crippen LogP contribution in [0, 0.1) is 0 Å². The molecule has 4 aliphatic rings. The Bertz CT molecular complexity index is 1970. The van der Waals surface area contributed by atoms with E-state index in [1.807, 2.05) is 152 Å². The van der Waals surface area contributed by atoms with E-state index in [1.54, 1.807) is 0 Å². The number of rotatable bonds is 12. The molecule has 299 valence electrons. The molecule has 10 nitrogen and oxygen atoms in total. The molecule has 58 heavy (non-hydrogen) atoms. The molecule has 3 radical (unpaired) electrons. The second-order valence-corrected chi connectivity index (χ2v) is 15.7. The molecule has 0 amide bonds. The van der Waals surface area contributed by atoms with Gasteiger partial charge in [-0.3, -0.25) is 0 Å². The minimum absolute atomic E-state index is 0. The van der Waals surface area contributed by atoms with Crippen molar-refractivity contribution in [2.24, 2.45) is 0 Å². The largest absolute Gasteiger partial charge is 0.385 e. The average Bonchev–Trinajstić information content (AvgIpc) is 3.27. The van der Waals surface area contributed by atoms with Crippen molar-refractivity contribution >= 4 is 20.2 Å². The second-order valence-electron chi connectivity index (χ2n) is 14.5. The molecule has 4 heterocycles. The summed E-state index contributed by atoms with van der Waals surface area (Å²) in [7, 11) is 0. The Labute approximate surface area is 345 Å². The Morgan fingerprint density at radius 2 is 0.966 bits per heavy atom. The van der Waals surface area contributed by atoms with Gasteiger partial charge in [0.05, 0.1) is 26.4 Å². The second kappa shape index (κ2) is 19.5. The lowest BCUT2D eigenvalue weighted by atomic mass is 9.96. The van der Waals surface area contributed by atoms with Crippen molar-refractivity contribution in [3.05, 3.63) is 174 Å². The number of hydrogen-bond acceptors (Lipinski definition) is 11. The predicted octanol–water partition coefficient (Wildman–Crippen LogP) is 6.99. The molecule has 0 aromatic heterocycles. The van der Waals surface area contributed by atoms with Crippen molar-refractivity contribution in [1.82, 2.24) is 0 Å². The molecule has 1 N–H and O–H groups in total. The highest BCUT2D eigenvalue weighted by Gasteiger charge is 2.56. The fourth-order valence-corrected chi connectivity index (χ4v) is 8.86. The van der Waals surface area contributed by atoms with Gasteiger partial charge in [0.15, 0.2) is 18.9 Å². The van der Waals surface area contributed by atoms with Crippen LogP contribution in [0.5, 0.6) is 0 Å². The average molecular weight is 802 g/mol. The van der Waals surface area contributed by atoms with Crippen LogP contribution in [0.25, 0.3) is 0 Å². The first-order chi connectivity index (χ1) is 28.2. The van der Waals surface area contributed by atoms with Crippen molar-refractivity contribution in [3.63, 3.8) is 0 Å². The van der Waals surface area contributed by atoms with E-state index < -0.39 is 73.1 Å². The first-order valence-electron chi connectivity index (χ1n) is 19.5. The monoisotopic (exact) mass is 801 g/mol. The Hall–Kier alpha value is -3.89. The number of thioether (sulfide) groups is 1. The van der Waals surface area contributed by atoms with Crippen molar-refractivity contribution in [2.45, 2.75) is 91.2 Å². The lowest BCUT2D eigenvalue weighted by Crippen LogP contribution is -2.66. The highest BCUT2D eigenvalue weighted by atomic mass is 32.2. The summed E-state index contributed by atoms with van der Waals surface area (Å²) in [6.45, 7) is 1.02. The Morgan fingerprint density at radius 3 is 1.50 bits per heavy atom. The van der Waals surface area contributed by atoms with Gasteiger partial charge in [0, 0.05) is 24.4 Å². The lowest BCUT2D eigenvalue weighted by molar-refractivity contribution is -0.389. The zero-order valence-electron chi connectivity index (χ0n) is 31.8. The number of fused-ring (bicyclic) bond motifs is 2. The molecule has 5 aromatic carbocycles. The summed E-state index contributed by atoms with van der Waals surface area (Å²) in [4.78, 5) is 0.978. The summed E-state index contributed by atoms with van der Waals surface area (Å²) in [5.41, 5.74) is 3.10. The van der Waals surface area contributed by atoms with E-state index in [4.69, 9.17) is 42.6 Å². The van der Waals surface area contributed by atoms with E-state index in [9.17, 15) is 5.11 Å². The summed E-state index contributed by atoms with van der Waals surface area (Å²) in [6.07, 6.45) is -8.31. The van der Waals surface area contributed by atoms with Gasteiger partial charge in [-0.2, -0.15) is 0 Å². The smallest absolute Gasteiger partial charge is 0.187 e. The zero-order valence-corrected chi connectivity index (χ0v) is 32.6. The van der Waals surface area contributed by atoms with E-state index >= 15 is 0 Å². The minimum atomic E-state index is -1.26. The van der Waals surface area contributed by atoms with Crippen molar-refractivity contribution in [1.29, 1.82) is 0 Å². The third-order valence-corrected chi connectivity index (χ3v) is 11.7. The quantitative estimate of drug-likeness (QED) is 0.132. The normalized spacial score (nSPS) is 31.9. The molecule has 12 atom stereocenters. The first-order valence-corrected chi connectivity index (χ1v) is 20.4. The first kappa shape index (κ1) is 40.9. The molecule has 12 heteroatoms. The van der Waals surface area contributed by atoms with Gasteiger partial charge in [-0.25, -0.2) is 0 Å². The lowest BCUT2D eigenvalue weighted by Gasteiger charge is -2.52. The molecule has 6 unspecified atom stereocenters. The predicted molar refractivity (Wildman–Crippen MR) is 216 cm³/mol. The Balaban J connectivity index is 0.00000469. The van der Waals surface area contributed by atoms with Crippen LogP contribution in [-0.2, 0) is 55.8 Å². The summed E-state index contributed by atoms with van der Waals surface area (Å²) in [5, 5.41) is 12.3. The van der Waals surface area contributed by atoms with Crippen LogP contribution in [0.15, 0.2) is 157 Å². The summed E-state index contributed by atoms with van der Waals surface area (Å²) < 4.78 is 59.7. The van der Waals surface area contributed by atoms with Crippen LogP contribution < -0.4 is 0 Å². The van der Waals surface area contributed by atoms with Crippen LogP contribution in [0.2, 0.25) is 0 Å². The Morgan fingerprint density at radius 1 is 0.517 bits per heavy atom. The fraction of sp³-hybridized carbons (Fsp3) is 0.348. The molecule has 0 saturated carbocycles. The number of benzene rings is 5. The van der Waals surface area contributed by atoms with Crippen LogP contribution in [0.1, 0.15) is 34.8 Å². The van der Waals surface area contributed by atoms with Crippen molar-refractivity contribution in [3.8, 4) is 0 Å². The van der Waals surface area contributed by atoms with E-state index in [0.29, 0.717) is 6.61 Å². The van der Waals surface area contributed by atoms with Crippen molar-refractivity contribution in [2.75, 3.05) is 13.2 Å². The molecule has 0 bridgehead atoms.